The number of likely N-dealkylation sites (N-methyl/N-ethyl adjacent to an activating group) is 1. The molecule has 0 atom stereocenters. The molecular weight excluding hydrogens is 426 g/mol. The van der Waals surface area contributed by atoms with Crippen LogP contribution in [0.5, 0.6) is 0 Å². The largest absolute Gasteiger partial charge is 0.347 e. The van der Waals surface area contributed by atoms with E-state index in [2.05, 4.69) is 121 Å². The molecule has 1 aliphatic rings. The summed E-state index contributed by atoms with van der Waals surface area (Å²) in [6, 6.07) is 25.3. The molecule has 5 rings (SSSR count). The minimum Gasteiger partial charge on any atom is -0.347 e. The van der Waals surface area contributed by atoms with Crippen molar-refractivity contribution in [3.63, 3.8) is 0 Å². The number of rotatable bonds is 4. The first-order valence-corrected chi connectivity index (χ1v) is 11.8. The predicted molar refractivity (Wildman–Crippen MR) is 139 cm³/mol. The van der Waals surface area contributed by atoms with Gasteiger partial charge in [0.05, 0.1) is 6.54 Å². The third-order valence-corrected chi connectivity index (χ3v) is 6.98. The molecule has 2 heterocycles. The van der Waals surface area contributed by atoms with Crippen LogP contribution in [0.4, 0.5) is 5.69 Å². The molecule has 0 radical (unpaired) electrons. The summed E-state index contributed by atoms with van der Waals surface area (Å²) >= 11 is 6.41. The number of imidazole rings is 1. The van der Waals surface area contributed by atoms with Crippen molar-refractivity contribution in [1.82, 2.24) is 4.57 Å². The molecule has 3 aromatic carbocycles. The molecule has 1 aromatic heterocycles. The summed E-state index contributed by atoms with van der Waals surface area (Å²) < 4.78 is 4.63. The standard InChI is InChI=1S/C29H29ClN3/c1-5-32-25-19-18-21(30)20-26(25)33(22-12-7-6-8-13-22)28(32)17-11-16-27-29(2,3)23-14-9-10-15-24(23)31(27)4/h6-20H,5H2,1-4H3/q+1. The minimum absolute atomic E-state index is 0.0456. The fourth-order valence-corrected chi connectivity index (χ4v) is 5.31. The summed E-state index contributed by atoms with van der Waals surface area (Å²) in [6.45, 7) is 7.64. The number of halogens is 1. The molecule has 0 fully saturated rings. The van der Waals surface area contributed by atoms with E-state index >= 15 is 0 Å². The van der Waals surface area contributed by atoms with Crippen LogP contribution in [0.2, 0.25) is 5.02 Å². The van der Waals surface area contributed by atoms with Gasteiger partial charge in [-0.25, -0.2) is 4.57 Å². The third kappa shape index (κ3) is 3.48. The first-order chi connectivity index (χ1) is 15.9. The molecule has 0 bridgehead atoms. The van der Waals surface area contributed by atoms with Crippen LogP contribution in [0, 0.1) is 0 Å². The molecule has 33 heavy (non-hydrogen) atoms. The van der Waals surface area contributed by atoms with Crippen molar-refractivity contribution >= 4 is 34.4 Å². The molecule has 0 amide bonds. The minimum atomic E-state index is -0.0456. The van der Waals surface area contributed by atoms with Gasteiger partial charge in [0.15, 0.2) is 11.0 Å². The number of hydrogen-bond donors (Lipinski definition) is 0. The van der Waals surface area contributed by atoms with Crippen LogP contribution in [0.15, 0.2) is 90.6 Å². The third-order valence-electron chi connectivity index (χ3n) is 6.75. The number of nitrogens with zero attached hydrogens (tertiary/aromatic N) is 3. The fourth-order valence-electron chi connectivity index (χ4n) is 5.14. The molecule has 4 heteroatoms. The molecule has 1 aliphatic heterocycles. The molecular formula is C29H29ClN3+. The second-order valence-corrected chi connectivity index (χ2v) is 9.46. The molecule has 0 N–H and O–H groups in total. The number of anilines is 1. The van der Waals surface area contributed by atoms with E-state index in [0.717, 1.165) is 28.6 Å². The molecule has 166 valence electrons. The van der Waals surface area contributed by atoms with Crippen LogP contribution in [-0.2, 0) is 12.0 Å². The van der Waals surface area contributed by atoms with Crippen LogP contribution in [-0.4, -0.2) is 11.6 Å². The Morgan fingerprint density at radius 2 is 1.70 bits per heavy atom. The summed E-state index contributed by atoms with van der Waals surface area (Å²) in [5, 5.41) is 0.741. The Bertz CT molecular complexity index is 1390. The van der Waals surface area contributed by atoms with Gasteiger partial charge < -0.3 is 4.90 Å². The molecule has 0 unspecified atom stereocenters. The number of aromatic nitrogens is 2. The summed E-state index contributed by atoms with van der Waals surface area (Å²) in [5.41, 5.74) is 7.28. The van der Waals surface area contributed by atoms with Crippen molar-refractivity contribution in [2.24, 2.45) is 0 Å². The Balaban J connectivity index is 1.66. The fraction of sp³-hybridized carbons (Fsp3) is 0.207. The molecule has 0 saturated carbocycles. The van der Waals surface area contributed by atoms with Crippen molar-refractivity contribution in [3.05, 3.63) is 107 Å². The van der Waals surface area contributed by atoms with E-state index < -0.39 is 0 Å². The highest BCUT2D eigenvalue weighted by Crippen LogP contribution is 2.46. The van der Waals surface area contributed by atoms with Crippen molar-refractivity contribution in [1.29, 1.82) is 0 Å². The number of fused-ring (bicyclic) bond motifs is 2. The van der Waals surface area contributed by atoms with E-state index in [-0.39, 0.29) is 5.41 Å². The normalized spacial score (nSPS) is 16.3. The second-order valence-electron chi connectivity index (χ2n) is 9.02. The van der Waals surface area contributed by atoms with Gasteiger partial charge in [-0.1, -0.05) is 67.9 Å². The number of para-hydroxylation sites is 2. The van der Waals surface area contributed by atoms with Gasteiger partial charge in [-0.3, -0.25) is 0 Å². The molecule has 4 aromatic rings. The Labute approximate surface area is 200 Å². The van der Waals surface area contributed by atoms with E-state index in [1.807, 2.05) is 12.1 Å². The SMILES string of the molecule is CC[n+]1c(/C=C/C=C2\N(C)c3ccccc3C2(C)C)n(-c2ccccc2)c2cc(Cl)ccc21. The maximum absolute atomic E-state index is 6.41. The van der Waals surface area contributed by atoms with Crippen molar-refractivity contribution in [2.45, 2.75) is 32.7 Å². The van der Waals surface area contributed by atoms with E-state index in [1.165, 1.54) is 22.5 Å². The predicted octanol–water partition coefficient (Wildman–Crippen LogP) is 6.92. The Morgan fingerprint density at radius 1 is 0.970 bits per heavy atom. The van der Waals surface area contributed by atoms with Gasteiger partial charge in [-0.05, 0) is 48.9 Å². The van der Waals surface area contributed by atoms with E-state index in [9.17, 15) is 0 Å². The van der Waals surface area contributed by atoms with Crippen LogP contribution in [0.1, 0.15) is 32.2 Å². The van der Waals surface area contributed by atoms with Crippen molar-refractivity contribution in [3.8, 4) is 5.69 Å². The first-order valence-electron chi connectivity index (χ1n) is 11.4. The monoisotopic (exact) mass is 454 g/mol. The number of aryl methyl sites for hydroxylation is 1. The summed E-state index contributed by atoms with van der Waals surface area (Å²) in [7, 11) is 2.16. The quantitative estimate of drug-likeness (QED) is 0.305. The second kappa shape index (κ2) is 8.24. The molecule has 3 nitrogen and oxygen atoms in total. The van der Waals surface area contributed by atoms with Gasteiger partial charge in [0, 0.05) is 41.0 Å². The van der Waals surface area contributed by atoms with Crippen LogP contribution in [0.3, 0.4) is 0 Å². The zero-order valence-corrected chi connectivity index (χ0v) is 20.3. The van der Waals surface area contributed by atoms with Crippen LogP contribution < -0.4 is 9.47 Å². The Kier molecular flexibility index (Phi) is 5.38. The maximum atomic E-state index is 6.41. The van der Waals surface area contributed by atoms with Gasteiger partial charge in [0.25, 0.3) is 5.82 Å². The van der Waals surface area contributed by atoms with Gasteiger partial charge in [-0.15, -0.1) is 0 Å². The van der Waals surface area contributed by atoms with E-state index in [0.29, 0.717) is 0 Å². The highest BCUT2D eigenvalue weighted by Gasteiger charge is 2.37. The Morgan fingerprint density at radius 3 is 2.42 bits per heavy atom. The average molecular weight is 455 g/mol. The van der Waals surface area contributed by atoms with Crippen molar-refractivity contribution < 1.29 is 4.57 Å². The summed E-state index contributed by atoms with van der Waals surface area (Å²) in [5.74, 6) is 1.12. The number of hydrogen-bond acceptors (Lipinski definition) is 1. The highest BCUT2D eigenvalue weighted by molar-refractivity contribution is 6.31. The van der Waals surface area contributed by atoms with Crippen LogP contribution >= 0.6 is 11.6 Å². The van der Waals surface area contributed by atoms with Gasteiger partial charge in [0.2, 0.25) is 0 Å². The summed E-state index contributed by atoms with van der Waals surface area (Å²) in [4.78, 5) is 2.31. The lowest BCUT2D eigenvalue weighted by Gasteiger charge is -2.23. The maximum Gasteiger partial charge on any atom is 0.287 e. The zero-order chi connectivity index (χ0) is 23.2. The highest BCUT2D eigenvalue weighted by atomic mass is 35.5. The first kappa shape index (κ1) is 21.5. The van der Waals surface area contributed by atoms with E-state index in [4.69, 9.17) is 11.6 Å². The molecule has 0 saturated heterocycles. The lowest BCUT2D eigenvalue weighted by Crippen LogP contribution is -2.35. The average Bonchev–Trinajstić information content (AvgIpc) is 3.23. The van der Waals surface area contributed by atoms with Gasteiger partial charge in [-0.2, -0.15) is 4.57 Å². The number of benzene rings is 3. The van der Waals surface area contributed by atoms with Crippen LogP contribution in [0.25, 0.3) is 22.8 Å². The Hall–Kier alpha value is -3.30. The summed E-state index contributed by atoms with van der Waals surface area (Å²) in [6.07, 6.45) is 6.64. The van der Waals surface area contributed by atoms with Gasteiger partial charge >= 0.3 is 0 Å². The smallest absolute Gasteiger partial charge is 0.287 e. The van der Waals surface area contributed by atoms with Gasteiger partial charge in [0.1, 0.15) is 5.69 Å². The molecule has 0 spiro atoms. The van der Waals surface area contributed by atoms with Crippen molar-refractivity contribution in [2.75, 3.05) is 11.9 Å². The zero-order valence-electron chi connectivity index (χ0n) is 19.6. The topological polar surface area (TPSA) is 12.1 Å². The number of allylic oxidation sites excluding steroid dienone is 3. The molecule has 0 aliphatic carbocycles. The lowest BCUT2D eigenvalue weighted by atomic mass is 9.84. The van der Waals surface area contributed by atoms with E-state index in [1.54, 1.807) is 0 Å². The lowest BCUT2D eigenvalue weighted by molar-refractivity contribution is -0.670.